The normalized spacial score (nSPS) is 16.5. The van der Waals surface area contributed by atoms with Gasteiger partial charge in [0.15, 0.2) is 0 Å². The summed E-state index contributed by atoms with van der Waals surface area (Å²) >= 11 is 4.64. The maximum atomic E-state index is 10.1. The quantitative estimate of drug-likeness (QED) is 0.548. The first-order chi connectivity index (χ1) is 3.89. The zero-order chi connectivity index (χ0) is 6.41. The van der Waals surface area contributed by atoms with Crippen LogP contribution in [0.5, 0.6) is 0 Å². The Hall–Kier alpha value is 0.716. The van der Waals surface area contributed by atoms with Gasteiger partial charge in [0, 0.05) is 13.0 Å². The van der Waals surface area contributed by atoms with E-state index in [0.717, 1.165) is 19.4 Å². The number of hydrogen-bond donors (Lipinski definition) is 1. The highest BCUT2D eigenvalue weighted by molar-refractivity contribution is 9.22. The first-order valence-corrected chi connectivity index (χ1v) is 6.33. The summed E-state index contributed by atoms with van der Waals surface area (Å²) in [5.41, 5.74) is 0. The van der Waals surface area contributed by atoms with Crippen molar-refractivity contribution in [1.29, 1.82) is 0 Å². The smallest absolute Gasteiger partial charge is 0.356 e. The van der Waals surface area contributed by atoms with E-state index in [1.807, 2.05) is 0 Å². The fourth-order valence-corrected chi connectivity index (χ4v) is 0.565. The first kappa shape index (κ1) is 8.72. The second-order valence-electron chi connectivity index (χ2n) is 1.45. The zero-order valence-electron chi connectivity index (χ0n) is 4.61. The third-order valence-electron chi connectivity index (χ3n) is 0.903. The highest BCUT2D eigenvalue weighted by Crippen LogP contribution is 1.93. The van der Waals surface area contributed by atoms with E-state index in [2.05, 4.69) is 18.2 Å². The lowest BCUT2D eigenvalue weighted by Crippen LogP contribution is -2.12. The molecule has 1 heterocycles. The lowest BCUT2D eigenvalue weighted by atomic mass is 10.4. The number of nitrogens with one attached hydrogen (secondary N) is 1. The Labute approximate surface area is 67.7 Å². The molecule has 0 aliphatic carbocycles. The van der Waals surface area contributed by atoms with Crippen LogP contribution in [0.15, 0.2) is 0 Å². The summed E-state index contributed by atoms with van der Waals surface area (Å²) in [5, 5.41) is 2.68. The minimum absolute atomic E-state index is 0.204. The highest BCUT2D eigenvalue weighted by Gasteiger charge is 2.13. The van der Waals surface area contributed by atoms with E-state index in [9.17, 15) is 4.79 Å². The number of amides is 1. The molecule has 1 rings (SSSR count). The van der Waals surface area contributed by atoms with Crippen molar-refractivity contribution in [3.05, 3.63) is 0 Å². The SMILES string of the molecule is O=C1CCCN1.[Mg+2][Br]. The van der Waals surface area contributed by atoms with Crippen LogP contribution in [0.4, 0.5) is 0 Å². The van der Waals surface area contributed by atoms with Crippen LogP contribution in [-0.4, -0.2) is 32.0 Å². The van der Waals surface area contributed by atoms with Gasteiger partial charge in [0.25, 0.3) is 0 Å². The topological polar surface area (TPSA) is 29.1 Å². The second-order valence-corrected chi connectivity index (χ2v) is 1.45. The molecule has 0 aromatic carbocycles. The van der Waals surface area contributed by atoms with Crippen molar-refractivity contribution in [3.63, 3.8) is 0 Å². The maximum Gasteiger partial charge on any atom is 1.52 e. The molecule has 1 saturated heterocycles. The Morgan fingerprint density at radius 3 is 2.38 bits per heavy atom. The molecule has 0 aromatic heterocycles. The van der Waals surface area contributed by atoms with Crippen LogP contribution in [0, 0.1) is 0 Å². The second kappa shape index (κ2) is 5.85. The predicted octanol–water partition coefficient (Wildman–Crippen LogP) is 0.361. The summed E-state index contributed by atoms with van der Waals surface area (Å²) < 4.78 is 0. The van der Waals surface area contributed by atoms with E-state index in [-0.39, 0.29) is 5.91 Å². The summed E-state index contributed by atoms with van der Waals surface area (Å²) in [4.78, 5) is 10.1. The molecule has 0 aromatic rings. The fourth-order valence-electron chi connectivity index (χ4n) is 0.565. The van der Waals surface area contributed by atoms with Gasteiger partial charge in [-0.3, -0.25) is 4.79 Å². The summed E-state index contributed by atoms with van der Waals surface area (Å²) in [6.07, 6.45) is 1.76. The van der Waals surface area contributed by atoms with E-state index in [1.165, 1.54) is 0 Å². The molecule has 41 valence electrons. The van der Waals surface area contributed by atoms with Crippen molar-refractivity contribution >= 4 is 38.3 Å². The number of rotatable bonds is 0. The van der Waals surface area contributed by atoms with Crippen molar-refractivity contribution in [2.24, 2.45) is 0 Å². The van der Waals surface area contributed by atoms with E-state index < -0.39 is 0 Å². The molecule has 1 N–H and O–H groups in total. The van der Waals surface area contributed by atoms with Gasteiger partial charge in [0.1, 0.15) is 0 Å². The number of halogens is 1. The van der Waals surface area contributed by atoms with E-state index in [0.29, 0.717) is 0 Å². The van der Waals surface area contributed by atoms with E-state index in [4.69, 9.17) is 0 Å². The molecule has 0 atom stereocenters. The van der Waals surface area contributed by atoms with Gasteiger partial charge in [0.2, 0.25) is 5.91 Å². The van der Waals surface area contributed by atoms with E-state index >= 15 is 0 Å². The van der Waals surface area contributed by atoms with Gasteiger partial charge >= 0.3 is 32.4 Å². The van der Waals surface area contributed by atoms with Gasteiger partial charge in [-0.2, -0.15) is 0 Å². The van der Waals surface area contributed by atoms with Crippen molar-refractivity contribution < 1.29 is 4.79 Å². The zero-order valence-corrected chi connectivity index (χ0v) is 7.61. The monoisotopic (exact) mass is 188 g/mol. The van der Waals surface area contributed by atoms with Crippen LogP contribution in [0.1, 0.15) is 12.8 Å². The lowest BCUT2D eigenvalue weighted by molar-refractivity contribution is -0.119. The molecular formula is C4H7BrMgNO+2. The van der Waals surface area contributed by atoms with Gasteiger partial charge in [0.05, 0.1) is 0 Å². The number of carbonyl (C=O) groups is 1. The van der Waals surface area contributed by atoms with Crippen molar-refractivity contribution in [3.8, 4) is 0 Å². The van der Waals surface area contributed by atoms with Crippen LogP contribution in [0.3, 0.4) is 0 Å². The highest BCUT2D eigenvalue weighted by atomic mass is 79.9. The molecular weight excluding hydrogens is 182 g/mol. The van der Waals surface area contributed by atoms with Gasteiger partial charge in [-0.25, -0.2) is 0 Å². The summed E-state index contributed by atoms with van der Waals surface area (Å²) in [5.74, 6) is 0.204. The molecule has 0 saturated carbocycles. The Bertz CT molecular complexity index is 70.4. The Kier molecular flexibility index (Phi) is 6.37. The maximum absolute atomic E-state index is 10.1. The molecule has 0 unspecified atom stereocenters. The molecule has 0 spiro atoms. The van der Waals surface area contributed by atoms with Crippen LogP contribution in [0.2, 0.25) is 0 Å². The number of carbonyl (C=O) groups excluding carboxylic acids is 1. The third-order valence-corrected chi connectivity index (χ3v) is 0.903. The molecule has 2 nitrogen and oxygen atoms in total. The Morgan fingerprint density at radius 2 is 2.25 bits per heavy atom. The van der Waals surface area contributed by atoms with Crippen LogP contribution >= 0.6 is 12.9 Å². The van der Waals surface area contributed by atoms with Gasteiger partial charge in [-0.1, -0.05) is 0 Å². The molecule has 4 heteroatoms. The standard InChI is InChI=1S/C4H7NO.BrH.Mg/c6-4-2-1-3-5-4;;/h1-3H2,(H,5,6);1H;/q;;+3/p-1. The average molecular weight is 189 g/mol. The number of hydrogen-bond acceptors (Lipinski definition) is 1. The first-order valence-electron chi connectivity index (χ1n) is 2.43. The molecule has 0 bridgehead atoms. The van der Waals surface area contributed by atoms with Gasteiger partial charge in [-0.05, 0) is 6.42 Å². The summed E-state index contributed by atoms with van der Waals surface area (Å²) in [6.45, 7) is 0.888. The molecule has 1 fully saturated rings. The van der Waals surface area contributed by atoms with Crippen molar-refractivity contribution in [2.45, 2.75) is 12.8 Å². The van der Waals surface area contributed by atoms with E-state index in [1.54, 1.807) is 19.5 Å². The Morgan fingerprint density at radius 1 is 1.62 bits per heavy atom. The molecule has 1 aliphatic heterocycles. The average Bonchev–Trinajstić information content (AvgIpc) is 2.24. The van der Waals surface area contributed by atoms with Gasteiger partial charge < -0.3 is 5.32 Å². The van der Waals surface area contributed by atoms with Crippen LogP contribution in [-0.2, 0) is 4.79 Å². The third kappa shape index (κ3) is 3.69. The van der Waals surface area contributed by atoms with Gasteiger partial charge in [-0.15, -0.1) is 0 Å². The molecule has 8 heavy (non-hydrogen) atoms. The summed E-state index contributed by atoms with van der Waals surface area (Å²) in [7, 11) is 0. The van der Waals surface area contributed by atoms with Crippen molar-refractivity contribution in [1.82, 2.24) is 5.32 Å². The lowest BCUT2D eigenvalue weighted by Gasteiger charge is -1.80. The van der Waals surface area contributed by atoms with Crippen LogP contribution < -0.4 is 5.32 Å². The minimum Gasteiger partial charge on any atom is -0.356 e. The molecule has 1 aliphatic rings. The Balaban J connectivity index is 0.000000222. The molecule has 1 amide bonds. The van der Waals surface area contributed by atoms with Crippen LogP contribution in [0.25, 0.3) is 0 Å². The molecule has 7 radical (unpaired) electrons. The van der Waals surface area contributed by atoms with Crippen molar-refractivity contribution in [2.75, 3.05) is 6.54 Å². The minimum atomic E-state index is 0.204. The predicted molar refractivity (Wildman–Crippen MR) is 36.9 cm³/mol. The fraction of sp³-hybridized carbons (Fsp3) is 0.750. The largest absolute Gasteiger partial charge is 1.52 e. The summed E-state index contributed by atoms with van der Waals surface area (Å²) in [6, 6.07) is 0.